The Balaban J connectivity index is 2.80. The van der Waals surface area contributed by atoms with E-state index in [0.29, 0.717) is 12.0 Å². The monoisotopic (exact) mass is 358 g/mol. The highest BCUT2D eigenvalue weighted by Crippen LogP contribution is 2.36. The molecule has 0 saturated heterocycles. The van der Waals surface area contributed by atoms with Crippen LogP contribution in [0.1, 0.15) is 19.4 Å². The average molecular weight is 359 g/mol. The van der Waals surface area contributed by atoms with Gasteiger partial charge >= 0.3 is 0 Å². The second kappa shape index (κ2) is 8.61. The summed E-state index contributed by atoms with van der Waals surface area (Å²) in [5, 5.41) is 3.62. The van der Waals surface area contributed by atoms with Crippen molar-refractivity contribution in [3.05, 3.63) is 22.2 Å². The molecule has 0 aliphatic rings. The largest absolute Gasteiger partial charge is 0.493 e. The minimum absolute atomic E-state index is 0.451. The minimum atomic E-state index is 0.451. The Bertz CT molecular complexity index is 450. The van der Waals surface area contributed by atoms with Gasteiger partial charge in [0.1, 0.15) is 0 Å². The van der Waals surface area contributed by atoms with Crippen LogP contribution < -0.4 is 14.8 Å². The van der Waals surface area contributed by atoms with E-state index in [2.05, 4.69) is 60.2 Å². The Kier molecular flexibility index (Phi) is 7.49. The lowest BCUT2D eigenvalue weighted by molar-refractivity contribution is 0.288. The molecule has 21 heavy (non-hydrogen) atoms. The molecule has 4 nitrogen and oxygen atoms in total. The first-order valence-electron chi connectivity index (χ1n) is 7.17. The Hall–Kier alpha value is -0.780. The van der Waals surface area contributed by atoms with Crippen molar-refractivity contribution in [2.75, 3.05) is 34.9 Å². The molecule has 0 aliphatic carbocycles. The zero-order valence-corrected chi connectivity index (χ0v) is 15.5. The normalized spacial score (nSPS) is 12.8. The van der Waals surface area contributed by atoms with E-state index in [1.807, 2.05) is 6.07 Å². The van der Waals surface area contributed by atoms with Gasteiger partial charge in [0, 0.05) is 19.1 Å². The first kappa shape index (κ1) is 18.3. The molecule has 0 amide bonds. The summed E-state index contributed by atoms with van der Waals surface area (Å²) in [5.41, 5.74) is 1.17. The van der Waals surface area contributed by atoms with E-state index >= 15 is 0 Å². The van der Waals surface area contributed by atoms with Gasteiger partial charge in [0.2, 0.25) is 0 Å². The third-order valence-electron chi connectivity index (χ3n) is 3.43. The molecule has 0 aliphatic heterocycles. The Labute approximate surface area is 136 Å². The van der Waals surface area contributed by atoms with Crippen LogP contribution in [0.2, 0.25) is 0 Å². The summed E-state index contributed by atoms with van der Waals surface area (Å²) in [6, 6.07) is 4.54. The highest BCUT2D eigenvalue weighted by atomic mass is 79.9. The van der Waals surface area contributed by atoms with Crippen molar-refractivity contribution in [1.29, 1.82) is 0 Å². The fourth-order valence-electron chi connectivity index (χ4n) is 2.23. The van der Waals surface area contributed by atoms with Crippen LogP contribution in [0, 0.1) is 5.92 Å². The molecule has 1 atom stereocenters. The fraction of sp³-hybridized carbons (Fsp3) is 0.625. The van der Waals surface area contributed by atoms with Crippen LogP contribution in [0.5, 0.6) is 11.5 Å². The number of halogens is 1. The number of ether oxygens (including phenoxy) is 2. The molecule has 0 spiro atoms. The molecule has 0 heterocycles. The molecule has 0 bridgehead atoms. The Morgan fingerprint density at radius 1 is 1.19 bits per heavy atom. The molecule has 0 saturated carbocycles. The summed E-state index contributed by atoms with van der Waals surface area (Å²) in [6.45, 7) is 6.30. The van der Waals surface area contributed by atoms with Gasteiger partial charge < -0.3 is 19.7 Å². The zero-order chi connectivity index (χ0) is 16.0. The van der Waals surface area contributed by atoms with Crippen LogP contribution in [0.3, 0.4) is 0 Å². The van der Waals surface area contributed by atoms with Crippen LogP contribution in [0.15, 0.2) is 16.6 Å². The smallest absolute Gasteiger partial charge is 0.174 e. The first-order valence-corrected chi connectivity index (χ1v) is 7.96. The molecule has 0 fully saturated rings. The number of nitrogens with zero attached hydrogens (tertiary/aromatic N) is 1. The third kappa shape index (κ3) is 5.49. The molecule has 0 aromatic heterocycles. The SMILES string of the molecule is COc1cc(CNC(CN(C)C)C(C)C)cc(Br)c1OC. The van der Waals surface area contributed by atoms with E-state index in [9.17, 15) is 0 Å². The molecule has 1 unspecified atom stereocenters. The Morgan fingerprint density at radius 3 is 2.33 bits per heavy atom. The van der Waals surface area contributed by atoms with Crippen molar-refractivity contribution in [1.82, 2.24) is 10.2 Å². The number of hydrogen-bond acceptors (Lipinski definition) is 4. The number of hydrogen-bond donors (Lipinski definition) is 1. The molecular weight excluding hydrogens is 332 g/mol. The van der Waals surface area contributed by atoms with Crippen molar-refractivity contribution < 1.29 is 9.47 Å². The maximum Gasteiger partial charge on any atom is 0.174 e. The van der Waals surface area contributed by atoms with Gasteiger partial charge in [0.15, 0.2) is 11.5 Å². The fourth-order valence-corrected chi connectivity index (χ4v) is 2.88. The van der Waals surface area contributed by atoms with Gasteiger partial charge in [-0.25, -0.2) is 0 Å². The molecular formula is C16H27BrN2O2. The number of nitrogens with one attached hydrogen (secondary N) is 1. The topological polar surface area (TPSA) is 33.7 Å². The van der Waals surface area contributed by atoms with Crippen LogP contribution >= 0.6 is 15.9 Å². The van der Waals surface area contributed by atoms with Crippen molar-refractivity contribution in [3.63, 3.8) is 0 Å². The average Bonchev–Trinajstić information content (AvgIpc) is 2.41. The second-order valence-electron chi connectivity index (χ2n) is 5.81. The Morgan fingerprint density at radius 2 is 1.86 bits per heavy atom. The van der Waals surface area contributed by atoms with Gasteiger partial charge in [-0.05, 0) is 53.6 Å². The van der Waals surface area contributed by atoms with Crippen molar-refractivity contribution >= 4 is 15.9 Å². The lowest BCUT2D eigenvalue weighted by Gasteiger charge is -2.26. The lowest BCUT2D eigenvalue weighted by Crippen LogP contribution is -2.41. The molecule has 1 rings (SSSR count). The number of rotatable bonds is 8. The molecule has 5 heteroatoms. The van der Waals surface area contributed by atoms with Crippen LogP contribution in [-0.4, -0.2) is 45.8 Å². The predicted octanol–water partition coefficient (Wildman–Crippen LogP) is 3.14. The molecule has 120 valence electrons. The van der Waals surface area contributed by atoms with E-state index in [1.54, 1.807) is 14.2 Å². The van der Waals surface area contributed by atoms with E-state index in [4.69, 9.17) is 9.47 Å². The maximum absolute atomic E-state index is 5.39. The standard InChI is InChI=1S/C16H27BrN2O2/c1-11(2)14(10-19(3)4)18-9-12-7-13(17)16(21-6)15(8-12)20-5/h7-8,11,14,18H,9-10H2,1-6H3. The van der Waals surface area contributed by atoms with Gasteiger partial charge in [-0.3, -0.25) is 0 Å². The summed E-state index contributed by atoms with van der Waals surface area (Å²) in [5.74, 6) is 2.06. The van der Waals surface area contributed by atoms with E-state index in [-0.39, 0.29) is 0 Å². The van der Waals surface area contributed by atoms with E-state index in [0.717, 1.165) is 29.1 Å². The van der Waals surface area contributed by atoms with Crippen molar-refractivity contribution in [3.8, 4) is 11.5 Å². The second-order valence-corrected chi connectivity index (χ2v) is 6.66. The lowest BCUT2D eigenvalue weighted by atomic mass is 10.0. The predicted molar refractivity (Wildman–Crippen MR) is 91.3 cm³/mol. The number of methoxy groups -OCH3 is 2. The van der Waals surface area contributed by atoms with Gasteiger partial charge in [0.05, 0.1) is 18.7 Å². The first-order chi connectivity index (χ1) is 9.88. The highest BCUT2D eigenvalue weighted by molar-refractivity contribution is 9.10. The van der Waals surface area contributed by atoms with Gasteiger partial charge in [-0.1, -0.05) is 13.8 Å². The highest BCUT2D eigenvalue weighted by Gasteiger charge is 2.15. The zero-order valence-electron chi connectivity index (χ0n) is 13.9. The molecule has 0 radical (unpaired) electrons. The van der Waals surface area contributed by atoms with Gasteiger partial charge in [-0.2, -0.15) is 0 Å². The van der Waals surface area contributed by atoms with Gasteiger partial charge in [-0.15, -0.1) is 0 Å². The maximum atomic E-state index is 5.39. The summed E-state index contributed by atoms with van der Waals surface area (Å²) < 4.78 is 11.6. The van der Waals surface area contributed by atoms with Crippen LogP contribution in [0.4, 0.5) is 0 Å². The number of likely N-dealkylation sites (N-methyl/N-ethyl adjacent to an activating group) is 1. The van der Waals surface area contributed by atoms with Crippen molar-refractivity contribution in [2.45, 2.75) is 26.4 Å². The summed E-state index contributed by atoms with van der Waals surface area (Å²) in [6.07, 6.45) is 0. The molecule has 1 N–H and O–H groups in total. The van der Waals surface area contributed by atoms with E-state index < -0.39 is 0 Å². The molecule has 1 aromatic rings. The van der Waals surface area contributed by atoms with E-state index in [1.165, 1.54) is 5.56 Å². The summed E-state index contributed by atoms with van der Waals surface area (Å²) in [4.78, 5) is 2.21. The summed E-state index contributed by atoms with van der Waals surface area (Å²) >= 11 is 3.53. The van der Waals surface area contributed by atoms with Crippen LogP contribution in [0.25, 0.3) is 0 Å². The summed E-state index contributed by atoms with van der Waals surface area (Å²) in [7, 11) is 7.50. The molecule has 1 aromatic carbocycles. The van der Waals surface area contributed by atoms with Crippen molar-refractivity contribution in [2.24, 2.45) is 5.92 Å². The third-order valence-corrected chi connectivity index (χ3v) is 4.02. The quantitative estimate of drug-likeness (QED) is 0.773. The number of benzene rings is 1. The minimum Gasteiger partial charge on any atom is -0.493 e. The van der Waals surface area contributed by atoms with Crippen LogP contribution in [-0.2, 0) is 6.54 Å². The van der Waals surface area contributed by atoms with Gasteiger partial charge in [0.25, 0.3) is 0 Å².